The van der Waals surface area contributed by atoms with Gasteiger partial charge in [-0.1, -0.05) is 30.3 Å². The third kappa shape index (κ3) is 3.56. The molecule has 0 saturated carbocycles. The molecular formula is C15H23NO4. The first-order valence-corrected chi connectivity index (χ1v) is 6.78. The number of nitrogens with zero attached hydrogens (tertiary/aromatic N) is 1. The maximum Gasteiger partial charge on any atom is 0.185 e. The van der Waals surface area contributed by atoms with Crippen LogP contribution in [0.3, 0.4) is 0 Å². The number of methoxy groups -OCH3 is 1. The molecule has 1 aromatic carbocycles. The molecule has 1 aliphatic heterocycles. The van der Waals surface area contributed by atoms with Crippen molar-refractivity contribution >= 4 is 0 Å². The van der Waals surface area contributed by atoms with Crippen molar-refractivity contribution in [2.75, 3.05) is 27.8 Å². The van der Waals surface area contributed by atoms with Crippen LogP contribution in [0.4, 0.5) is 0 Å². The van der Waals surface area contributed by atoms with Gasteiger partial charge >= 0.3 is 0 Å². The minimum Gasteiger partial charge on any atom is -0.386 e. The molecule has 0 spiro atoms. The molecule has 20 heavy (non-hydrogen) atoms. The van der Waals surface area contributed by atoms with Crippen molar-refractivity contribution in [1.82, 2.24) is 4.90 Å². The SMILES string of the molecule is CO[C@@H]1O[C@H](COCc2ccccc2)[C@H](N(C)C)[C@H]1O. The number of likely N-dealkylation sites (N-methyl/N-ethyl adjacent to an activating group) is 1. The van der Waals surface area contributed by atoms with E-state index in [1.807, 2.05) is 49.3 Å². The van der Waals surface area contributed by atoms with Crippen LogP contribution < -0.4 is 0 Å². The fourth-order valence-corrected chi connectivity index (χ4v) is 2.55. The molecule has 0 aliphatic carbocycles. The van der Waals surface area contributed by atoms with Crippen LogP contribution in [0.1, 0.15) is 5.56 Å². The number of rotatable bonds is 6. The molecule has 0 radical (unpaired) electrons. The summed E-state index contributed by atoms with van der Waals surface area (Å²) in [4.78, 5) is 1.94. The third-order valence-electron chi connectivity index (χ3n) is 3.54. The topological polar surface area (TPSA) is 51.2 Å². The van der Waals surface area contributed by atoms with Gasteiger partial charge in [0.2, 0.25) is 0 Å². The zero-order chi connectivity index (χ0) is 14.5. The van der Waals surface area contributed by atoms with Crippen LogP contribution in [0.2, 0.25) is 0 Å². The van der Waals surface area contributed by atoms with Crippen LogP contribution >= 0.6 is 0 Å². The summed E-state index contributed by atoms with van der Waals surface area (Å²) in [6.07, 6.45) is -1.46. The monoisotopic (exact) mass is 281 g/mol. The number of aliphatic hydroxyl groups is 1. The van der Waals surface area contributed by atoms with Crippen LogP contribution in [0.15, 0.2) is 30.3 Å². The molecule has 1 N–H and O–H groups in total. The summed E-state index contributed by atoms with van der Waals surface area (Å²) in [5, 5.41) is 10.2. The van der Waals surface area contributed by atoms with Crippen molar-refractivity contribution in [1.29, 1.82) is 0 Å². The first-order valence-electron chi connectivity index (χ1n) is 6.78. The molecule has 1 aliphatic rings. The van der Waals surface area contributed by atoms with E-state index >= 15 is 0 Å². The molecule has 1 aromatic rings. The minimum atomic E-state index is -0.666. The fraction of sp³-hybridized carbons (Fsp3) is 0.600. The van der Waals surface area contributed by atoms with E-state index in [1.54, 1.807) is 0 Å². The van der Waals surface area contributed by atoms with Crippen LogP contribution in [0.25, 0.3) is 0 Å². The Bertz CT molecular complexity index is 398. The zero-order valence-electron chi connectivity index (χ0n) is 12.2. The van der Waals surface area contributed by atoms with Crippen LogP contribution in [-0.2, 0) is 20.8 Å². The van der Waals surface area contributed by atoms with Gasteiger partial charge < -0.3 is 24.2 Å². The van der Waals surface area contributed by atoms with Crippen molar-refractivity contribution < 1.29 is 19.3 Å². The number of hydrogen-bond acceptors (Lipinski definition) is 5. The smallest absolute Gasteiger partial charge is 0.185 e. The molecule has 5 heteroatoms. The Morgan fingerprint density at radius 2 is 1.95 bits per heavy atom. The van der Waals surface area contributed by atoms with E-state index in [-0.39, 0.29) is 12.1 Å². The van der Waals surface area contributed by atoms with Crippen molar-refractivity contribution in [3.05, 3.63) is 35.9 Å². The average molecular weight is 281 g/mol. The normalized spacial score (nSPS) is 30.1. The number of aliphatic hydroxyl groups excluding tert-OH is 1. The van der Waals surface area contributed by atoms with Gasteiger partial charge in [0.1, 0.15) is 12.2 Å². The summed E-state index contributed by atoms with van der Waals surface area (Å²) in [5.74, 6) is 0. The van der Waals surface area contributed by atoms with Crippen LogP contribution in [-0.4, -0.2) is 62.4 Å². The highest BCUT2D eigenvalue weighted by Gasteiger charge is 2.45. The predicted molar refractivity (Wildman–Crippen MR) is 75.2 cm³/mol. The average Bonchev–Trinajstić information content (AvgIpc) is 2.76. The standard InChI is InChI=1S/C15H23NO4/c1-16(2)13-12(20-15(18-3)14(13)17)10-19-9-11-7-5-4-6-8-11/h4-8,12-15,17H,9-10H2,1-3H3/t12-,13+,14-,15-/m1/s1. The van der Waals surface area contributed by atoms with Gasteiger partial charge in [-0.3, -0.25) is 0 Å². The molecule has 0 unspecified atom stereocenters. The van der Waals surface area contributed by atoms with E-state index in [1.165, 1.54) is 7.11 Å². The van der Waals surface area contributed by atoms with Gasteiger partial charge in [-0.05, 0) is 19.7 Å². The predicted octanol–water partition coefficient (Wildman–Crippen LogP) is 0.866. The van der Waals surface area contributed by atoms with E-state index in [0.717, 1.165) is 5.56 Å². The van der Waals surface area contributed by atoms with Gasteiger partial charge in [0.25, 0.3) is 0 Å². The summed E-state index contributed by atoms with van der Waals surface area (Å²) in [5.41, 5.74) is 1.12. The van der Waals surface area contributed by atoms with E-state index in [2.05, 4.69) is 0 Å². The number of ether oxygens (including phenoxy) is 3. The highest BCUT2D eigenvalue weighted by atomic mass is 16.7. The van der Waals surface area contributed by atoms with E-state index < -0.39 is 12.4 Å². The van der Waals surface area contributed by atoms with Gasteiger partial charge in [-0.25, -0.2) is 0 Å². The summed E-state index contributed by atoms with van der Waals surface area (Å²) in [6.45, 7) is 0.962. The molecule has 1 fully saturated rings. The first-order chi connectivity index (χ1) is 9.63. The summed E-state index contributed by atoms with van der Waals surface area (Å²) >= 11 is 0. The van der Waals surface area contributed by atoms with Gasteiger partial charge in [0.15, 0.2) is 6.29 Å². The molecule has 2 rings (SSSR count). The van der Waals surface area contributed by atoms with Crippen molar-refractivity contribution in [2.45, 2.75) is 31.1 Å². The lowest BCUT2D eigenvalue weighted by molar-refractivity contribution is -0.156. The van der Waals surface area contributed by atoms with Gasteiger partial charge in [0, 0.05) is 7.11 Å². The van der Waals surface area contributed by atoms with E-state index in [0.29, 0.717) is 13.2 Å². The maximum absolute atomic E-state index is 10.2. The molecule has 0 bridgehead atoms. The molecular weight excluding hydrogens is 258 g/mol. The van der Waals surface area contributed by atoms with Gasteiger partial charge in [-0.15, -0.1) is 0 Å². The maximum atomic E-state index is 10.2. The van der Waals surface area contributed by atoms with E-state index in [9.17, 15) is 5.11 Å². The Morgan fingerprint density at radius 3 is 2.55 bits per heavy atom. The Morgan fingerprint density at radius 1 is 1.25 bits per heavy atom. The van der Waals surface area contributed by atoms with Gasteiger partial charge in [0.05, 0.1) is 19.3 Å². The quantitative estimate of drug-likeness (QED) is 0.838. The Hall–Kier alpha value is -0.980. The minimum absolute atomic E-state index is 0.129. The molecule has 5 nitrogen and oxygen atoms in total. The van der Waals surface area contributed by atoms with E-state index in [4.69, 9.17) is 14.2 Å². The zero-order valence-corrected chi connectivity index (χ0v) is 12.2. The number of hydrogen-bond donors (Lipinski definition) is 1. The Kier molecular flexibility index (Phi) is 5.51. The lowest BCUT2D eigenvalue weighted by Crippen LogP contribution is -2.45. The van der Waals surface area contributed by atoms with Crippen molar-refractivity contribution in [3.63, 3.8) is 0 Å². The highest BCUT2D eigenvalue weighted by molar-refractivity contribution is 5.13. The second-order valence-electron chi connectivity index (χ2n) is 5.22. The van der Waals surface area contributed by atoms with Crippen LogP contribution in [0.5, 0.6) is 0 Å². The number of benzene rings is 1. The van der Waals surface area contributed by atoms with Crippen molar-refractivity contribution in [2.24, 2.45) is 0 Å². The Labute approximate surface area is 120 Å². The fourth-order valence-electron chi connectivity index (χ4n) is 2.55. The first kappa shape index (κ1) is 15.4. The highest BCUT2D eigenvalue weighted by Crippen LogP contribution is 2.25. The molecule has 1 saturated heterocycles. The molecule has 112 valence electrons. The molecule has 0 aromatic heterocycles. The van der Waals surface area contributed by atoms with Crippen LogP contribution in [0, 0.1) is 0 Å². The summed E-state index contributed by atoms with van der Waals surface area (Å²) in [6, 6.07) is 9.86. The molecule has 4 atom stereocenters. The molecule has 0 amide bonds. The summed E-state index contributed by atoms with van der Waals surface area (Å²) < 4.78 is 16.5. The Balaban J connectivity index is 1.87. The third-order valence-corrected chi connectivity index (χ3v) is 3.54. The largest absolute Gasteiger partial charge is 0.386 e. The lowest BCUT2D eigenvalue weighted by Gasteiger charge is -2.26. The second kappa shape index (κ2) is 7.15. The van der Waals surface area contributed by atoms with Crippen molar-refractivity contribution in [3.8, 4) is 0 Å². The summed E-state index contributed by atoms with van der Waals surface area (Å²) in [7, 11) is 5.37. The molecule has 1 heterocycles. The van der Waals surface area contributed by atoms with Gasteiger partial charge in [-0.2, -0.15) is 0 Å². The second-order valence-corrected chi connectivity index (χ2v) is 5.22. The lowest BCUT2D eigenvalue weighted by atomic mass is 10.1.